The van der Waals surface area contributed by atoms with E-state index >= 15 is 0 Å². The summed E-state index contributed by atoms with van der Waals surface area (Å²) in [5, 5.41) is 8.02. The van der Waals surface area contributed by atoms with Gasteiger partial charge in [0.05, 0.1) is 15.9 Å². The molecule has 0 aliphatic rings. The smallest absolute Gasteiger partial charge is 0.0738 e. The average molecular weight is 316 g/mol. The number of rotatable bonds is 7. The van der Waals surface area contributed by atoms with Crippen LogP contribution in [0.4, 0.5) is 0 Å². The van der Waals surface area contributed by atoms with Crippen molar-refractivity contribution in [2.45, 2.75) is 60.0 Å². The van der Waals surface area contributed by atoms with Gasteiger partial charge in [-0.3, -0.25) is 4.68 Å². The Labute approximate surface area is 119 Å². The predicted octanol–water partition coefficient (Wildman–Crippen LogP) is 3.54. The number of aryl methyl sites for hydroxylation is 2. The first-order valence-corrected chi connectivity index (χ1v) is 7.70. The van der Waals surface area contributed by atoms with Crippen molar-refractivity contribution in [2.75, 3.05) is 6.54 Å². The molecule has 1 unspecified atom stereocenters. The number of hydrogen-bond acceptors (Lipinski definition) is 2. The van der Waals surface area contributed by atoms with Crippen LogP contribution in [0.25, 0.3) is 0 Å². The lowest BCUT2D eigenvalue weighted by molar-refractivity contribution is 0.460. The van der Waals surface area contributed by atoms with Crippen LogP contribution in [-0.2, 0) is 13.0 Å². The SMILES string of the molecule is CCn1nc(C)c(Br)c1CC(C)CCNC(C)C. The van der Waals surface area contributed by atoms with Crippen molar-refractivity contribution in [2.24, 2.45) is 5.92 Å². The monoisotopic (exact) mass is 315 g/mol. The number of nitrogens with one attached hydrogen (secondary N) is 1. The molecule has 0 aliphatic heterocycles. The fourth-order valence-corrected chi connectivity index (χ4v) is 2.56. The zero-order chi connectivity index (χ0) is 13.7. The summed E-state index contributed by atoms with van der Waals surface area (Å²) < 4.78 is 3.30. The molecule has 1 atom stereocenters. The molecule has 3 nitrogen and oxygen atoms in total. The summed E-state index contributed by atoms with van der Waals surface area (Å²) in [6.45, 7) is 12.9. The Morgan fingerprint density at radius 2 is 2.00 bits per heavy atom. The molecule has 0 bridgehead atoms. The van der Waals surface area contributed by atoms with Gasteiger partial charge in [0.2, 0.25) is 0 Å². The van der Waals surface area contributed by atoms with Crippen molar-refractivity contribution in [3.8, 4) is 0 Å². The van der Waals surface area contributed by atoms with Gasteiger partial charge in [-0.05, 0) is 55.1 Å². The molecule has 0 saturated heterocycles. The fraction of sp³-hybridized carbons (Fsp3) is 0.786. The normalized spacial score (nSPS) is 13.3. The van der Waals surface area contributed by atoms with Gasteiger partial charge in [-0.2, -0.15) is 5.10 Å². The highest BCUT2D eigenvalue weighted by molar-refractivity contribution is 9.10. The molecule has 0 saturated carbocycles. The summed E-state index contributed by atoms with van der Waals surface area (Å²) in [5.74, 6) is 0.675. The Kier molecular flexibility index (Phi) is 6.36. The van der Waals surface area contributed by atoms with E-state index in [9.17, 15) is 0 Å². The lowest BCUT2D eigenvalue weighted by atomic mass is 10.0. The fourth-order valence-electron chi connectivity index (χ4n) is 2.11. The molecule has 1 aromatic heterocycles. The predicted molar refractivity (Wildman–Crippen MR) is 81.0 cm³/mol. The third kappa shape index (κ3) is 4.39. The van der Waals surface area contributed by atoms with Crippen LogP contribution in [-0.4, -0.2) is 22.4 Å². The van der Waals surface area contributed by atoms with E-state index in [1.807, 2.05) is 0 Å². The molecule has 0 radical (unpaired) electrons. The maximum atomic E-state index is 4.54. The molecular formula is C14H26BrN3. The molecule has 0 spiro atoms. The highest BCUT2D eigenvalue weighted by Gasteiger charge is 2.14. The van der Waals surface area contributed by atoms with Crippen molar-refractivity contribution < 1.29 is 0 Å². The van der Waals surface area contributed by atoms with Gasteiger partial charge >= 0.3 is 0 Å². The maximum absolute atomic E-state index is 4.54. The van der Waals surface area contributed by atoms with Crippen LogP contribution in [0.1, 0.15) is 45.5 Å². The first-order valence-electron chi connectivity index (χ1n) is 6.90. The molecule has 0 aliphatic carbocycles. The van der Waals surface area contributed by atoms with Gasteiger partial charge in [0.1, 0.15) is 0 Å². The zero-order valence-electron chi connectivity index (χ0n) is 12.3. The van der Waals surface area contributed by atoms with Crippen molar-refractivity contribution in [1.29, 1.82) is 0 Å². The van der Waals surface area contributed by atoms with E-state index in [1.54, 1.807) is 0 Å². The molecule has 4 heteroatoms. The van der Waals surface area contributed by atoms with Crippen LogP contribution in [0, 0.1) is 12.8 Å². The lowest BCUT2D eigenvalue weighted by Crippen LogP contribution is -2.25. The van der Waals surface area contributed by atoms with Crippen LogP contribution in [0.5, 0.6) is 0 Å². The summed E-state index contributed by atoms with van der Waals surface area (Å²) in [6, 6.07) is 0.576. The van der Waals surface area contributed by atoms with Crippen LogP contribution < -0.4 is 5.32 Å². The Bertz CT molecular complexity index is 371. The lowest BCUT2D eigenvalue weighted by Gasteiger charge is -2.14. The van der Waals surface area contributed by atoms with Crippen LogP contribution in [0.3, 0.4) is 0 Å². The van der Waals surface area contributed by atoms with Gasteiger partial charge in [-0.15, -0.1) is 0 Å². The number of halogens is 1. The van der Waals surface area contributed by atoms with Gasteiger partial charge in [0.15, 0.2) is 0 Å². The Morgan fingerprint density at radius 3 is 2.56 bits per heavy atom. The third-order valence-electron chi connectivity index (χ3n) is 3.18. The molecule has 0 fully saturated rings. The molecule has 0 amide bonds. The van der Waals surface area contributed by atoms with Crippen LogP contribution in [0.15, 0.2) is 4.47 Å². The highest BCUT2D eigenvalue weighted by Crippen LogP contribution is 2.24. The minimum absolute atomic E-state index is 0.576. The van der Waals surface area contributed by atoms with Crippen LogP contribution >= 0.6 is 15.9 Å². The molecule has 1 rings (SSSR count). The van der Waals surface area contributed by atoms with E-state index in [4.69, 9.17) is 0 Å². The van der Waals surface area contributed by atoms with Gasteiger partial charge in [0, 0.05) is 12.6 Å². The maximum Gasteiger partial charge on any atom is 0.0738 e. The van der Waals surface area contributed by atoms with Gasteiger partial charge in [0.25, 0.3) is 0 Å². The second-order valence-electron chi connectivity index (χ2n) is 5.37. The Morgan fingerprint density at radius 1 is 1.33 bits per heavy atom. The molecule has 18 heavy (non-hydrogen) atoms. The third-order valence-corrected chi connectivity index (χ3v) is 4.22. The Hall–Kier alpha value is -0.350. The standard InChI is InChI=1S/C14H26BrN3/c1-6-18-13(14(15)12(5)17-18)9-11(4)7-8-16-10(2)3/h10-11,16H,6-9H2,1-5H3. The van der Waals surface area contributed by atoms with Crippen molar-refractivity contribution in [3.63, 3.8) is 0 Å². The minimum Gasteiger partial charge on any atom is -0.315 e. The van der Waals surface area contributed by atoms with E-state index in [0.717, 1.165) is 25.2 Å². The highest BCUT2D eigenvalue weighted by atomic mass is 79.9. The Balaban J connectivity index is 2.55. The summed E-state index contributed by atoms with van der Waals surface area (Å²) >= 11 is 3.66. The second kappa shape index (κ2) is 7.29. The molecule has 0 aromatic carbocycles. The van der Waals surface area contributed by atoms with Gasteiger partial charge < -0.3 is 5.32 Å². The summed E-state index contributed by atoms with van der Waals surface area (Å²) in [5.41, 5.74) is 2.44. The molecule has 1 N–H and O–H groups in total. The molecular weight excluding hydrogens is 290 g/mol. The topological polar surface area (TPSA) is 29.9 Å². The number of hydrogen-bond donors (Lipinski definition) is 1. The van der Waals surface area contributed by atoms with Crippen molar-refractivity contribution in [1.82, 2.24) is 15.1 Å². The van der Waals surface area contributed by atoms with Gasteiger partial charge in [-0.25, -0.2) is 0 Å². The summed E-state index contributed by atoms with van der Waals surface area (Å²) in [4.78, 5) is 0. The molecule has 1 aromatic rings. The first kappa shape index (κ1) is 15.7. The summed E-state index contributed by atoms with van der Waals surface area (Å²) in [7, 11) is 0. The van der Waals surface area contributed by atoms with E-state index < -0.39 is 0 Å². The number of nitrogens with zero attached hydrogens (tertiary/aromatic N) is 2. The average Bonchev–Trinajstić information content (AvgIpc) is 2.56. The minimum atomic E-state index is 0.576. The van der Waals surface area contributed by atoms with Crippen molar-refractivity contribution >= 4 is 15.9 Å². The van der Waals surface area contributed by atoms with E-state index in [2.05, 4.69) is 65.6 Å². The molecule has 104 valence electrons. The zero-order valence-corrected chi connectivity index (χ0v) is 13.8. The quantitative estimate of drug-likeness (QED) is 0.834. The second-order valence-corrected chi connectivity index (χ2v) is 6.16. The van der Waals surface area contributed by atoms with E-state index in [0.29, 0.717) is 12.0 Å². The van der Waals surface area contributed by atoms with Gasteiger partial charge in [-0.1, -0.05) is 20.8 Å². The molecule has 1 heterocycles. The summed E-state index contributed by atoms with van der Waals surface area (Å²) in [6.07, 6.45) is 2.30. The van der Waals surface area contributed by atoms with E-state index in [-0.39, 0.29) is 0 Å². The van der Waals surface area contributed by atoms with Crippen molar-refractivity contribution in [3.05, 3.63) is 15.9 Å². The number of aromatic nitrogens is 2. The first-order chi connectivity index (χ1) is 8.45. The van der Waals surface area contributed by atoms with Crippen LogP contribution in [0.2, 0.25) is 0 Å². The largest absolute Gasteiger partial charge is 0.315 e. The van der Waals surface area contributed by atoms with E-state index in [1.165, 1.54) is 16.6 Å².